The summed E-state index contributed by atoms with van der Waals surface area (Å²) in [5.74, 6) is -0.861. The molecule has 0 aliphatic carbocycles. The van der Waals surface area contributed by atoms with Crippen molar-refractivity contribution in [3.8, 4) is 0 Å². The standard InChI is InChI=1S/C18H14Cl2N2O3S/c1-22(9-13-4-7-16(20)26-13)17(23)10-25-18(24)12-2-5-14-11(8-12)3-6-15(19)21-14/h2-8H,9-10H2,1H3. The molecule has 0 saturated heterocycles. The highest BCUT2D eigenvalue weighted by molar-refractivity contribution is 7.16. The first-order valence-corrected chi connectivity index (χ1v) is 9.21. The van der Waals surface area contributed by atoms with E-state index < -0.39 is 5.97 Å². The fourth-order valence-corrected chi connectivity index (χ4v) is 3.60. The molecule has 0 bridgehead atoms. The number of fused-ring (bicyclic) bond motifs is 1. The van der Waals surface area contributed by atoms with Crippen LogP contribution in [0, 0.1) is 0 Å². The lowest BCUT2D eigenvalue weighted by atomic mass is 10.1. The summed E-state index contributed by atoms with van der Waals surface area (Å²) in [6.45, 7) is 0.0848. The van der Waals surface area contributed by atoms with Crippen molar-refractivity contribution in [2.45, 2.75) is 6.54 Å². The number of halogens is 2. The number of ether oxygens (including phenoxy) is 1. The Morgan fingerprint density at radius 1 is 1.15 bits per heavy atom. The number of hydrogen-bond donors (Lipinski definition) is 0. The van der Waals surface area contributed by atoms with Crippen LogP contribution >= 0.6 is 34.5 Å². The molecular weight excluding hydrogens is 395 g/mol. The van der Waals surface area contributed by atoms with Gasteiger partial charge in [-0.1, -0.05) is 23.2 Å². The average Bonchev–Trinajstić information content (AvgIpc) is 3.03. The molecule has 0 N–H and O–H groups in total. The number of carbonyl (C=O) groups excluding carboxylic acids is 2. The van der Waals surface area contributed by atoms with Gasteiger partial charge in [-0.15, -0.1) is 11.3 Å². The van der Waals surface area contributed by atoms with Crippen LogP contribution in [0.3, 0.4) is 0 Å². The van der Waals surface area contributed by atoms with Gasteiger partial charge in [-0.3, -0.25) is 4.79 Å². The van der Waals surface area contributed by atoms with E-state index in [2.05, 4.69) is 4.98 Å². The minimum atomic E-state index is -0.567. The third-order valence-electron chi connectivity index (χ3n) is 3.67. The van der Waals surface area contributed by atoms with E-state index in [4.69, 9.17) is 27.9 Å². The van der Waals surface area contributed by atoms with Crippen molar-refractivity contribution in [1.82, 2.24) is 9.88 Å². The number of amides is 1. The van der Waals surface area contributed by atoms with Gasteiger partial charge in [-0.05, 0) is 42.5 Å². The first-order valence-electron chi connectivity index (χ1n) is 7.64. The molecule has 26 heavy (non-hydrogen) atoms. The molecule has 0 atom stereocenters. The van der Waals surface area contributed by atoms with Gasteiger partial charge in [-0.25, -0.2) is 9.78 Å². The third kappa shape index (κ3) is 4.52. The van der Waals surface area contributed by atoms with Crippen molar-refractivity contribution >= 4 is 57.3 Å². The van der Waals surface area contributed by atoms with E-state index in [1.54, 1.807) is 43.4 Å². The number of carbonyl (C=O) groups is 2. The van der Waals surface area contributed by atoms with Gasteiger partial charge in [-0.2, -0.15) is 0 Å². The van der Waals surface area contributed by atoms with Crippen LogP contribution in [0.15, 0.2) is 42.5 Å². The van der Waals surface area contributed by atoms with Crippen molar-refractivity contribution in [3.63, 3.8) is 0 Å². The molecule has 0 aliphatic rings. The molecule has 0 spiro atoms. The Balaban J connectivity index is 1.59. The second-order valence-corrected chi connectivity index (χ2v) is 7.76. The highest BCUT2D eigenvalue weighted by Crippen LogP contribution is 2.22. The van der Waals surface area contributed by atoms with Crippen LogP contribution < -0.4 is 0 Å². The van der Waals surface area contributed by atoms with E-state index in [0.717, 1.165) is 10.3 Å². The Labute approximate surface area is 164 Å². The van der Waals surface area contributed by atoms with Crippen molar-refractivity contribution in [3.05, 3.63) is 62.4 Å². The summed E-state index contributed by atoms with van der Waals surface area (Å²) in [5.41, 5.74) is 1.03. The third-order valence-corrected chi connectivity index (χ3v) is 5.09. The van der Waals surface area contributed by atoms with Crippen molar-refractivity contribution in [2.75, 3.05) is 13.7 Å². The largest absolute Gasteiger partial charge is 0.452 e. The van der Waals surface area contributed by atoms with Gasteiger partial charge in [0.2, 0.25) is 0 Å². The Hall–Kier alpha value is -2.15. The number of thiophene rings is 1. The van der Waals surface area contributed by atoms with Gasteiger partial charge >= 0.3 is 5.97 Å². The molecule has 2 heterocycles. The highest BCUT2D eigenvalue weighted by Gasteiger charge is 2.15. The lowest BCUT2D eigenvalue weighted by molar-refractivity contribution is -0.133. The van der Waals surface area contributed by atoms with Crippen LogP contribution in [0.4, 0.5) is 0 Å². The zero-order chi connectivity index (χ0) is 18.7. The zero-order valence-electron chi connectivity index (χ0n) is 13.7. The lowest BCUT2D eigenvalue weighted by Crippen LogP contribution is -2.30. The summed E-state index contributed by atoms with van der Waals surface area (Å²) in [6, 6.07) is 12.0. The molecule has 3 rings (SSSR count). The number of pyridine rings is 1. The van der Waals surface area contributed by atoms with Gasteiger partial charge in [0.1, 0.15) is 5.15 Å². The molecule has 2 aromatic heterocycles. The number of nitrogens with zero attached hydrogens (tertiary/aromatic N) is 2. The predicted molar refractivity (Wildman–Crippen MR) is 103 cm³/mol. The molecule has 0 saturated carbocycles. The van der Waals surface area contributed by atoms with E-state index in [0.29, 0.717) is 27.1 Å². The average molecular weight is 409 g/mol. The molecule has 3 aromatic rings. The van der Waals surface area contributed by atoms with Gasteiger partial charge in [0, 0.05) is 17.3 Å². The summed E-state index contributed by atoms with van der Waals surface area (Å²) in [4.78, 5) is 30.9. The normalized spacial score (nSPS) is 10.7. The van der Waals surface area contributed by atoms with E-state index >= 15 is 0 Å². The molecule has 1 aromatic carbocycles. The van der Waals surface area contributed by atoms with E-state index in [-0.39, 0.29) is 12.5 Å². The number of benzene rings is 1. The maximum absolute atomic E-state index is 12.2. The number of aromatic nitrogens is 1. The lowest BCUT2D eigenvalue weighted by Gasteiger charge is -2.16. The number of likely N-dealkylation sites (N-methyl/N-ethyl adjacent to an activating group) is 1. The molecule has 1 amide bonds. The molecule has 0 radical (unpaired) electrons. The first kappa shape index (κ1) is 18.6. The second kappa shape index (κ2) is 8.03. The molecule has 8 heteroatoms. The molecule has 0 aliphatic heterocycles. The molecule has 134 valence electrons. The molecule has 5 nitrogen and oxygen atoms in total. The van der Waals surface area contributed by atoms with E-state index in [1.165, 1.54) is 16.2 Å². The number of hydrogen-bond acceptors (Lipinski definition) is 5. The summed E-state index contributed by atoms with van der Waals surface area (Å²) < 4.78 is 5.79. The Morgan fingerprint density at radius 2 is 1.96 bits per heavy atom. The Kier molecular flexibility index (Phi) is 5.76. The summed E-state index contributed by atoms with van der Waals surface area (Å²) in [5, 5.41) is 1.15. The zero-order valence-corrected chi connectivity index (χ0v) is 16.1. The van der Waals surface area contributed by atoms with Gasteiger partial charge in [0.25, 0.3) is 5.91 Å². The monoisotopic (exact) mass is 408 g/mol. The summed E-state index contributed by atoms with van der Waals surface area (Å²) in [7, 11) is 1.65. The van der Waals surface area contributed by atoms with Crippen LogP contribution in [-0.2, 0) is 16.1 Å². The van der Waals surface area contributed by atoms with Gasteiger partial charge in [0.15, 0.2) is 6.61 Å². The topological polar surface area (TPSA) is 59.5 Å². The van der Waals surface area contributed by atoms with Crippen molar-refractivity contribution in [2.24, 2.45) is 0 Å². The Bertz CT molecular complexity index is 974. The van der Waals surface area contributed by atoms with Crippen LogP contribution in [-0.4, -0.2) is 35.4 Å². The minimum Gasteiger partial charge on any atom is -0.452 e. The van der Waals surface area contributed by atoms with Gasteiger partial charge < -0.3 is 9.64 Å². The molecule has 0 fully saturated rings. The van der Waals surface area contributed by atoms with Crippen molar-refractivity contribution < 1.29 is 14.3 Å². The predicted octanol–water partition coefficient (Wildman–Crippen LogP) is 4.42. The molecular formula is C18H14Cl2N2O3S. The van der Waals surface area contributed by atoms with Crippen molar-refractivity contribution in [1.29, 1.82) is 0 Å². The van der Waals surface area contributed by atoms with Crippen LogP contribution in [0.5, 0.6) is 0 Å². The maximum Gasteiger partial charge on any atom is 0.338 e. The Morgan fingerprint density at radius 3 is 2.69 bits per heavy atom. The van der Waals surface area contributed by atoms with Gasteiger partial charge in [0.05, 0.1) is 22.0 Å². The quantitative estimate of drug-likeness (QED) is 0.463. The smallest absolute Gasteiger partial charge is 0.338 e. The fraction of sp³-hybridized carbons (Fsp3) is 0.167. The second-order valence-electron chi connectivity index (χ2n) is 5.57. The molecule has 0 unspecified atom stereocenters. The summed E-state index contributed by atoms with van der Waals surface area (Å²) in [6.07, 6.45) is 0. The van der Waals surface area contributed by atoms with Crippen LogP contribution in [0.2, 0.25) is 9.49 Å². The SMILES string of the molecule is CN(Cc1ccc(Cl)s1)C(=O)COC(=O)c1ccc2nc(Cl)ccc2c1. The number of esters is 1. The fourth-order valence-electron chi connectivity index (χ4n) is 2.31. The highest BCUT2D eigenvalue weighted by atomic mass is 35.5. The van der Waals surface area contributed by atoms with E-state index in [1.807, 2.05) is 6.07 Å². The van der Waals surface area contributed by atoms with Crippen LogP contribution in [0.25, 0.3) is 10.9 Å². The van der Waals surface area contributed by atoms with Crippen LogP contribution in [0.1, 0.15) is 15.2 Å². The van der Waals surface area contributed by atoms with E-state index in [9.17, 15) is 9.59 Å². The summed E-state index contributed by atoms with van der Waals surface area (Å²) >= 11 is 13.1. The minimum absolute atomic E-state index is 0.294. The number of rotatable bonds is 5. The first-order chi connectivity index (χ1) is 12.4. The maximum atomic E-state index is 12.2.